The Hall–Kier alpha value is -8.13. The van der Waals surface area contributed by atoms with Gasteiger partial charge in [0.1, 0.15) is 22.9 Å². The number of rotatable bonds is 16. The Morgan fingerprint density at radius 3 is 1.12 bits per heavy atom. The van der Waals surface area contributed by atoms with Gasteiger partial charge in [0.25, 0.3) is 23.6 Å². The molecule has 2 aliphatic rings. The first-order valence-electron chi connectivity index (χ1n) is 23.8. The van der Waals surface area contributed by atoms with Gasteiger partial charge in [-0.3, -0.25) is 19.2 Å². The lowest BCUT2D eigenvalue weighted by molar-refractivity contribution is 0.101. The van der Waals surface area contributed by atoms with Crippen LogP contribution in [0, 0.1) is 0 Å². The first-order chi connectivity index (χ1) is 35.2. The number of nitrogens with zero attached hydrogens (tertiary/aromatic N) is 4. The van der Waals surface area contributed by atoms with Crippen molar-refractivity contribution < 1.29 is 45.4 Å². The van der Waals surface area contributed by atoms with Crippen molar-refractivity contribution in [2.75, 3.05) is 112 Å². The standard InChI is InChI=1S/C54H58N8O10S/c1-59-29-7-31-61(35-33-59)41-21-13-37(14-22-41)53(65)57-49-45(55-51(63)39-17-25-43(69-3)26-18-39)9-5-11-47(49)71-73(67,68)72-48-12-6-10-46(56-52(64)40-19-27-44(70-4)28-20-40)50(48)58-54(66)38-15-23-42(24-16-38)62-32-8-30-60(2)34-36-62/h5-6,9-28H,7-8,29-36H2,1-4H3,(H,55,63)(H,56,64)(H,57,65)(H,58,66). The molecule has 6 aromatic rings. The molecule has 0 bridgehead atoms. The highest BCUT2D eigenvalue weighted by molar-refractivity contribution is 7.82. The fourth-order valence-electron chi connectivity index (χ4n) is 8.41. The molecule has 4 amide bonds. The molecule has 0 unspecified atom stereocenters. The zero-order valence-electron chi connectivity index (χ0n) is 41.1. The van der Waals surface area contributed by atoms with Crippen LogP contribution in [0.5, 0.6) is 23.0 Å². The number of para-hydroxylation sites is 2. The van der Waals surface area contributed by atoms with E-state index in [0.29, 0.717) is 11.5 Å². The van der Waals surface area contributed by atoms with Crippen LogP contribution in [0.2, 0.25) is 0 Å². The predicted molar refractivity (Wildman–Crippen MR) is 282 cm³/mol. The average molecular weight is 1010 g/mol. The van der Waals surface area contributed by atoms with Gasteiger partial charge in [0.15, 0.2) is 11.5 Å². The Morgan fingerprint density at radius 1 is 0.425 bits per heavy atom. The molecule has 0 spiro atoms. The number of ether oxygens (including phenoxy) is 2. The molecule has 19 heteroatoms. The van der Waals surface area contributed by atoms with Gasteiger partial charge in [0.05, 0.1) is 25.6 Å². The number of hydrogen-bond donors (Lipinski definition) is 4. The Morgan fingerprint density at radius 2 is 0.767 bits per heavy atom. The van der Waals surface area contributed by atoms with Crippen LogP contribution in [0.25, 0.3) is 0 Å². The second kappa shape index (κ2) is 23.4. The van der Waals surface area contributed by atoms with Gasteiger partial charge in [-0.05, 0) is 161 Å². The lowest BCUT2D eigenvalue weighted by Gasteiger charge is -2.23. The highest BCUT2D eigenvalue weighted by Crippen LogP contribution is 2.38. The largest absolute Gasteiger partial charge is 0.501 e. The Bertz CT molecular complexity index is 2830. The van der Waals surface area contributed by atoms with Gasteiger partial charge < -0.3 is 58.7 Å². The molecular formula is C54H58N8O10S. The molecule has 2 aliphatic heterocycles. The minimum atomic E-state index is -5.17. The molecule has 0 atom stereocenters. The lowest BCUT2D eigenvalue weighted by Crippen LogP contribution is -2.28. The topological polar surface area (TPSA) is 200 Å². The van der Waals surface area contributed by atoms with Crippen molar-refractivity contribution in [1.82, 2.24) is 9.80 Å². The zero-order valence-corrected chi connectivity index (χ0v) is 41.9. The highest BCUT2D eigenvalue weighted by Gasteiger charge is 2.27. The van der Waals surface area contributed by atoms with E-state index in [1.54, 1.807) is 72.8 Å². The Balaban J connectivity index is 1.09. The summed E-state index contributed by atoms with van der Waals surface area (Å²) in [6.45, 7) is 7.11. The van der Waals surface area contributed by atoms with Gasteiger partial charge in [-0.1, -0.05) is 12.1 Å². The van der Waals surface area contributed by atoms with E-state index in [9.17, 15) is 27.6 Å². The van der Waals surface area contributed by atoms with E-state index >= 15 is 0 Å². The summed E-state index contributed by atoms with van der Waals surface area (Å²) in [4.78, 5) is 64.4. The van der Waals surface area contributed by atoms with Crippen molar-refractivity contribution in [1.29, 1.82) is 0 Å². The molecule has 73 heavy (non-hydrogen) atoms. The molecular weight excluding hydrogens is 953 g/mol. The number of amides is 4. The lowest BCUT2D eigenvalue weighted by atomic mass is 10.1. The van der Waals surface area contributed by atoms with E-state index in [2.05, 4.69) is 55.0 Å². The molecule has 18 nitrogen and oxygen atoms in total. The van der Waals surface area contributed by atoms with Crippen LogP contribution >= 0.6 is 0 Å². The number of benzene rings is 6. The molecule has 0 radical (unpaired) electrons. The average Bonchev–Trinajstić information content (AvgIpc) is 3.76. The summed E-state index contributed by atoms with van der Waals surface area (Å²) < 4.78 is 50.1. The van der Waals surface area contributed by atoms with Crippen LogP contribution in [-0.4, -0.2) is 123 Å². The fraction of sp³-hybridized carbons (Fsp3) is 0.259. The van der Waals surface area contributed by atoms with Gasteiger partial charge in [-0.2, -0.15) is 0 Å². The van der Waals surface area contributed by atoms with Crippen LogP contribution in [0.3, 0.4) is 0 Å². The molecule has 2 fully saturated rings. The molecule has 0 saturated carbocycles. The molecule has 0 aliphatic carbocycles. The first-order valence-corrected chi connectivity index (χ1v) is 25.1. The van der Waals surface area contributed by atoms with E-state index in [-0.39, 0.29) is 45.0 Å². The second-order valence-electron chi connectivity index (χ2n) is 17.6. The van der Waals surface area contributed by atoms with E-state index in [1.807, 2.05) is 24.3 Å². The molecule has 8 rings (SSSR count). The molecule has 6 aromatic carbocycles. The van der Waals surface area contributed by atoms with E-state index in [4.69, 9.17) is 17.8 Å². The molecule has 2 heterocycles. The summed E-state index contributed by atoms with van der Waals surface area (Å²) in [7, 11) is 2.00. The van der Waals surface area contributed by atoms with Crippen molar-refractivity contribution in [2.24, 2.45) is 0 Å². The van der Waals surface area contributed by atoms with Gasteiger partial charge in [-0.25, -0.2) is 0 Å². The van der Waals surface area contributed by atoms with Crippen molar-refractivity contribution in [3.8, 4) is 23.0 Å². The molecule has 380 valence electrons. The third-order valence-corrected chi connectivity index (χ3v) is 13.3. The van der Waals surface area contributed by atoms with Crippen LogP contribution in [0.15, 0.2) is 133 Å². The number of anilines is 6. The van der Waals surface area contributed by atoms with Crippen molar-refractivity contribution >= 4 is 68.2 Å². The third-order valence-electron chi connectivity index (χ3n) is 12.5. The van der Waals surface area contributed by atoms with Gasteiger partial charge in [0, 0.05) is 72.9 Å². The summed E-state index contributed by atoms with van der Waals surface area (Å²) in [6, 6.07) is 35.0. The Labute approximate surface area is 425 Å². The van der Waals surface area contributed by atoms with Gasteiger partial charge >= 0.3 is 10.4 Å². The normalized spacial score (nSPS) is 14.5. The number of methoxy groups -OCH3 is 2. The van der Waals surface area contributed by atoms with E-state index in [1.165, 1.54) is 50.6 Å². The summed E-state index contributed by atoms with van der Waals surface area (Å²) in [6.07, 6.45) is 1.98. The maximum Gasteiger partial charge on any atom is 0.501 e. The number of likely N-dealkylation sites (N-methyl/N-ethyl adjacent to an activating group) is 2. The van der Waals surface area contributed by atoms with Crippen LogP contribution in [0.1, 0.15) is 54.3 Å². The Kier molecular flexibility index (Phi) is 16.4. The van der Waals surface area contributed by atoms with Crippen LogP contribution in [0.4, 0.5) is 34.1 Å². The van der Waals surface area contributed by atoms with Gasteiger partial charge in [-0.15, -0.1) is 8.42 Å². The third kappa shape index (κ3) is 13.2. The van der Waals surface area contributed by atoms with Crippen molar-refractivity contribution in [3.05, 3.63) is 156 Å². The summed E-state index contributed by atoms with van der Waals surface area (Å²) in [5.41, 5.74) is 2.45. The molecule has 0 aromatic heterocycles. The zero-order chi connectivity index (χ0) is 51.5. The fourth-order valence-corrected chi connectivity index (χ4v) is 9.16. The van der Waals surface area contributed by atoms with Crippen molar-refractivity contribution in [3.63, 3.8) is 0 Å². The quantitative estimate of drug-likeness (QED) is 0.0735. The summed E-state index contributed by atoms with van der Waals surface area (Å²) >= 11 is 0. The molecule has 4 N–H and O–H groups in total. The van der Waals surface area contributed by atoms with E-state index < -0.39 is 45.5 Å². The van der Waals surface area contributed by atoms with Crippen LogP contribution < -0.4 is 48.9 Å². The molecule has 2 saturated heterocycles. The van der Waals surface area contributed by atoms with Gasteiger partial charge in [0.2, 0.25) is 0 Å². The number of hydrogen-bond acceptors (Lipinski definition) is 14. The predicted octanol–water partition coefficient (Wildman–Crippen LogP) is 7.70. The second-order valence-corrected chi connectivity index (χ2v) is 18.7. The van der Waals surface area contributed by atoms with Crippen molar-refractivity contribution in [2.45, 2.75) is 12.8 Å². The van der Waals surface area contributed by atoms with E-state index in [0.717, 1.165) is 76.6 Å². The monoisotopic (exact) mass is 1010 g/mol. The summed E-state index contributed by atoms with van der Waals surface area (Å²) in [5, 5.41) is 11.0. The minimum Gasteiger partial charge on any atom is -0.497 e. The number of carbonyl (C=O) groups is 4. The summed E-state index contributed by atoms with van der Waals surface area (Å²) in [5.74, 6) is -2.22. The van der Waals surface area contributed by atoms with Crippen LogP contribution in [-0.2, 0) is 10.4 Å². The maximum absolute atomic E-state index is 14.2. The smallest absolute Gasteiger partial charge is 0.497 e. The number of nitrogens with one attached hydrogen (secondary N) is 4. The first kappa shape index (κ1) is 51.2. The SMILES string of the molecule is COc1ccc(C(=O)Nc2cccc(OS(=O)(=O)Oc3cccc(NC(=O)c4ccc(OC)cc4)c3NC(=O)c3ccc(N4CCCN(C)CC4)cc3)c2NC(=O)c2ccc(N3CCCN(C)CC3)cc2)cc1. The maximum atomic E-state index is 14.2. The number of carbonyl (C=O) groups excluding carboxylic acids is 4. The highest BCUT2D eigenvalue weighted by atomic mass is 32.3. The minimum absolute atomic E-state index is 0.00225.